The second kappa shape index (κ2) is 6.49. The summed E-state index contributed by atoms with van der Waals surface area (Å²) in [7, 11) is 1.54. The van der Waals surface area contributed by atoms with Crippen LogP contribution in [-0.4, -0.2) is 24.8 Å². The molecular formula is C14H16O4. The van der Waals surface area contributed by atoms with Crippen LogP contribution in [0, 0.1) is 0 Å². The predicted octanol–water partition coefficient (Wildman–Crippen LogP) is 2.75. The lowest BCUT2D eigenvalue weighted by atomic mass is 10.2. The van der Waals surface area contributed by atoms with E-state index in [0.717, 1.165) is 5.56 Å². The van der Waals surface area contributed by atoms with Crippen LogP contribution in [0.25, 0.3) is 6.08 Å². The van der Waals surface area contributed by atoms with Gasteiger partial charge in [0.15, 0.2) is 11.5 Å². The fourth-order valence-corrected chi connectivity index (χ4v) is 1.33. The molecule has 0 unspecified atom stereocenters. The molecule has 18 heavy (non-hydrogen) atoms. The van der Waals surface area contributed by atoms with Gasteiger partial charge >= 0.3 is 5.97 Å². The highest BCUT2D eigenvalue weighted by Gasteiger charge is 2.08. The van der Waals surface area contributed by atoms with Gasteiger partial charge in [0.25, 0.3) is 0 Å². The molecule has 0 aliphatic heterocycles. The summed E-state index contributed by atoms with van der Waals surface area (Å²) < 4.78 is 10.5. The van der Waals surface area contributed by atoms with E-state index in [2.05, 4.69) is 6.58 Å². The molecule has 0 aliphatic rings. The van der Waals surface area contributed by atoms with E-state index < -0.39 is 5.97 Å². The zero-order valence-electron chi connectivity index (χ0n) is 10.5. The largest absolute Gasteiger partial charge is 0.493 e. The Morgan fingerprint density at radius 3 is 2.72 bits per heavy atom. The third-order valence-electron chi connectivity index (χ3n) is 2.25. The number of carboxylic acids is 1. The molecule has 0 saturated heterocycles. The molecule has 0 saturated carbocycles. The van der Waals surface area contributed by atoms with Crippen LogP contribution in [0.15, 0.2) is 36.4 Å². The monoisotopic (exact) mass is 248 g/mol. The molecule has 0 aromatic heterocycles. The number of methoxy groups -OCH3 is 1. The van der Waals surface area contributed by atoms with Crippen LogP contribution in [0.3, 0.4) is 0 Å². The van der Waals surface area contributed by atoms with E-state index in [1.54, 1.807) is 6.07 Å². The van der Waals surface area contributed by atoms with E-state index in [0.29, 0.717) is 11.5 Å². The molecule has 4 nitrogen and oxygen atoms in total. The van der Waals surface area contributed by atoms with Gasteiger partial charge in [0.1, 0.15) is 6.61 Å². The minimum atomic E-state index is -1.07. The molecular weight excluding hydrogens is 232 g/mol. The van der Waals surface area contributed by atoms with Gasteiger partial charge in [-0.25, -0.2) is 4.79 Å². The molecule has 0 aliphatic carbocycles. The lowest BCUT2D eigenvalue weighted by molar-refractivity contribution is -0.133. The first-order valence-electron chi connectivity index (χ1n) is 5.43. The normalized spacial score (nSPS) is 10.3. The van der Waals surface area contributed by atoms with Crippen LogP contribution in [0.5, 0.6) is 11.5 Å². The van der Waals surface area contributed by atoms with Gasteiger partial charge in [0.2, 0.25) is 0 Å². The average Bonchev–Trinajstić information content (AvgIpc) is 2.36. The van der Waals surface area contributed by atoms with E-state index >= 15 is 0 Å². The zero-order chi connectivity index (χ0) is 13.5. The second-order valence-electron chi connectivity index (χ2n) is 3.61. The van der Waals surface area contributed by atoms with Crippen molar-refractivity contribution >= 4 is 12.0 Å². The summed E-state index contributed by atoms with van der Waals surface area (Å²) >= 11 is 0. The lowest BCUT2D eigenvalue weighted by Crippen LogP contribution is -2.09. The Morgan fingerprint density at radius 2 is 2.17 bits per heavy atom. The highest BCUT2D eigenvalue weighted by Crippen LogP contribution is 2.28. The highest BCUT2D eigenvalue weighted by atomic mass is 16.5. The summed E-state index contributed by atoms with van der Waals surface area (Å²) in [5.74, 6) is -0.0172. The summed E-state index contributed by atoms with van der Waals surface area (Å²) in [6, 6.07) is 5.42. The summed E-state index contributed by atoms with van der Waals surface area (Å²) in [5, 5.41) is 8.68. The molecule has 0 atom stereocenters. The number of hydrogen-bond donors (Lipinski definition) is 1. The number of hydrogen-bond acceptors (Lipinski definition) is 3. The van der Waals surface area contributed by atoms with E-state index in [-0.39, 0.29) is 12.2 Å². The molecule has 0 fully saturated rings. The van der Waals surface area contributed by atoms with E-state index in [1.165, 1.54) is 7.11 Å². The van der Waals surface area contributed by atoms with Gasteiger partial charge in [0, 0.05) is 0 Å². The van der Waals surface area contributed by atoms with Gasteiger partial charge in [-0.05, 0) is 24.6 Å². The van der Waals surface area contributed by atoms with Crippen LogP contribution < -0.4 is 9.47 Å². The summed E-state index contributed by atoms with van der Waals surface area (Å²) in [6.45, 7) is 5.24. The molecule has 0 amide bonds. The number of carboxylic acid groups (broad SMARTS) is 1. The number of allylic oxidation sites excluding steroid dienone is 1. The third-order valence-corrected chi connectivity index (χ3v) is 2.25. The third kappa shape index (κ3) is 3.66. The molecule has 1 aromatic carbocycles. The molecule has 4 heteroatoms. The molecule has 1 rings (SSSR count). The van der Waals surface area contributed by atoms with Crippen molar-refractivity contribution < 1.29 is 19.4 Å². The van der Waals surface area contributed by atoms with Crippen molar-refractivity contribution in [2.24, 2.45) is 0 Å². The number of ether oxygens (including phenoxy) is 2. The standard InChI is InChI=1S/C14H16O4/c1-4-5-11-6-7-12(13(8-11)17-3)18-9-10(2)14(15)16/h4-8H,2,9H2,1,3H3,(H,15,16). The smallest absolute Gasteiger partial charge is 0.334 e. The van der Waals surface area contributed by atoms with Gasteiger partial charge < -0.3 is 14.6 Å². The first-order valence-corrected chi connectivity index (χ1v) is 5.43. The van der Waals surface area contributed by atoms with Gasteiger partial charge in [-0.3, -0.25) is 0 Å². The topological polar surface area (TPSA) is 55.8 Å². The van der Waals surface area contributed by atoms with Crippen LogP contribution in [0.1, 0.15) is 12.5 Å². The molecule has 0 bridgehead atoms. The van der Waals surface area contributed by atoms with Gasteiger partial charge in [0.05, 0.1) is 12.7 Å². The average molecular weight is 248 g/mol. The van der Waals surface area contributed by atoms with Crippen LogP contribution in [0.2, 0.25) is 0 Å². The van der Waals surface area contributed by atoms with Gasteiger partial charge in [-0.15, -0.1) is 0 Å². The summed E-state index contributed by atoms with van der Waals surface area (Å²) in [6.07, 6.45) is 3.85. The Kier molecular flexibility index (Phi) is 4.99. The Hall–Kier alpha value is -2.23. The Bertz CT molecular complexity index is 475. The lowest BCUT2D eigenvalue weighted by Gasteiger charge is -2.11. The summed E-state index contributed by atoms with van der Waals surface area (Å²) in [4.78, 5) is 10.6. The van der Waals surface area contributed by atoms with Crippen molar-refractivity contribution in [2.45, 2.75) is 6.92 Å². The van der Waals surface area contributed by atoms with E-state index in [1.807, 2.05) is 31.2 Å². The SMILES string of the molecule is C=C(COc1ccc(C=CC)cc1OC)C(=O)O. The van der Waals surface area contributed by atoms with Crippen molar-refractivity contribution in [1.29, 1.82) is 0 Å². The van der Waals surface area contributed by atoms with E-state index in [4.69, 9.17) is 14.6 Å². The highest BCUT2D eigenvalue weighted by molar-refractivity contribution is 5.86. The van der Waals surface area contributed by atoms with Crippen molar-refractivity contribution in [3.05, 3.63) is 42.0 Å². The Balaban J connectivity index is 2.82. The maximum atomic E-state index is 10.6. The molecule has 96 valence electrons. The van der Waals surface area contributed by atoms with Crippen molar-refractivity contribution in [3.8, 4) is 11.5 Å². The van der Waals surface area contributed by atoms with E-state index in [9.17, 15) is 4.79 Å². The van der Waals surface area contributed by atoms with Crippen molar-refractivity contribution in [3.63, 3.8) is 0 Å². The van der Waals surface area contributed by atoms with Crippen molar-refractivity contribution in [2.75, 3.05) is 13.7 Å². The second-order valence-corrected chi connectivity index (χ2v) is 3.61. The molecule has 1 N–H and O–H groups in total. The number of benzene rings is 1. The predicted molar refractivity (Wildman–Crippen MR) is 70.0 cm³/mol. The number of carbonyl (C=O) groups is 1. The molecule has 0 heterocycles. The maximum Gasteiger partial charge on any atom is 0.334 e. The summed E-state index contributed by atoms with van der Waals surface area (Å²) in [5.41, 5.74) is 0.980. The molecule has 1 aromatic rings. The van der Waals surface area contributed by atoms with Crippen LogP contribution in [-0.2, 0) is 4.79 Å². The number of aliphatic carboxylic acids is 1. The molecule has 0 spiro atoms. The minimum absolute atomic E-state index is 0.00502. The first-order chi connectivity index (χ1) is 8.58. The zero-order valence-corrected chi connectivity index (χ0v) is 10.5. The first kappa shape index (κ1) is 13.8. The maximum absolute atomic E-state index is 10.6. The minimum Gasteiger partial charge on any atom is -0.493 e. The molecule has 0 radical (unpaired) electrons. The number of rotatable bonds is 6. The Labute approximate surface area is 106 Å². The van der Waals surface area contributed by atoms with Crippen LogP contribution in [0.4, 0.5) is 0 Å². The fourth-order valence-electron chi connectivity index (χ4n) is 1.33. The Morgan fingerprint density at radius 1 is 1.44 bits per heavy atom. The van der Waals surface area contributed by atoms with Crippen molar-refractivity contribution in [1.82, 2.24) is 0 Å². The fraction of sp³-hybridized carbons (Fsp3) is 0.214. The van der Waals surface area contributed by atoms with Gasteiger partial charge in [-0.2, -0.15) is 0 Å². The van der Waals surface area contributed by atoms with Gasteiger partial charge in [-0.1, -0.05) is 24.8 Å². The quantitative estimate of drug-likeness (QED) is 0.786. The van der Waals surface area contributed by atoms with Crippen LogP contribution >= 0.6 is 0 Å².